The highest BCUT2D eigenvalue weighted by Crippen LogP contribution is 2.07. The fraction of sp³-hybridized carbons (Fsp3) is 0.583. The van der Waals surface area contributed by atoms with Crippen molar-refractivity contribution in [1.29, 1.82) is 0 Å². The van der Waals surface area contributed by atoms with E-state index in [0.717, 1.165) is 18.7 Å². The first-order valence-corrected chi connectivity index (χ1v) is 6.41. The molecule has 1 unspecified atom stereocenters. The maximum Gasteiger partial charge on any atom is 0.222 e. The first-order valence-electron chi connectivity index (χ1n) is 5.50. The minimum atomic E-state index is 0.171. The number of aryl methyl sites for hydroxylation is 1. The van der Waals surface area contributed by atoms with Crippen molar-refractivity contribution in [3.05, 3.63) is 24.2 Å². The number of carbonyl (C=O) groups excluding carboxylic acids is 1. The van der Waals surface area contributed by atoms with Crippen LogP contribution in [0.5, 0.6) is 0 Å². The first kappa shape index (κ1) is 13.3. The molecule has 3 nitrogen and oxygen atoms in total. The number of nitrogens with zero attached hydrogens (tertiary/aromatic N) is 1. The minimum Gasteiger partial charge on any atom is -0.469 e. The van der Waals surface area contributed by atoms with E-state index in [1.807, 2.05) is 19.2 Å². The molecule has 0 aliphatic heterocycles. The highest BCUT2D eigenvalue weighted by Gasteiger charge is 2.10. The van der Waals surface area contributed by atoms with Crippen molar-refractivity contribution in [2.45, 2.75) is 31.0 Å². The summed E-state index contributed by atoms with van der Waals surface area (Å²) >= 11 is 3.47. The van der Waals surface area contributed by atoms with E-state index in [0.29, 0.717) is 17.7 Å². The van der Waals surface area contributed by atoms with E-state index < -0.39 is 0 Å². The number of furan rings is 1. The molecule has 0 saturated heterocycles. The summed E-state index contributed by atoms with van der Waals surface area (Å²) in [5, 5.41) is 0. The van der Waals surface area contributed by atoms with Crippen molar-refractivity contribution in [3.8, 4) is 0 Å². The van der Waals surface area contributed by atoms with Gasteiger partial charge in [0, 0.05) is 31.3 Å². The Morgan fingerprint density at radius 3 is 2.94 bits per heavy atom. The molecule has 90 valence electrons. The standard InChI is InChI=1S/C12H18BrNO2/c1-10(13)7-8-14(2)12(15)6-5-11-4-3-9-16-11/h3-4,9-10H,5-8H2,1-2H3. The molecule has 1 atom stereocenters. The molecule has 1 aromatic heterocycles. The topological polar surface area (TPSA) is 33.5 Å². The minimum absolute atomic E-state index is 0.171. The average Bonchev–Trinajstić information content (AvgIpc) is 2.75. The van der Waals surface area contributed by atoms with Gasteiger partial charge in [0.05, 0.1) is 6.26 Å². The van der Waals surface area contributed by atoms with Crippen LogP contribution in [0.1, 0.15) is 25.5 Å². The van der Waals surface area contributed by atoms with Crippen LogP contribution in [-0.4, -0.2) is 29.2 Å². The van der Waals surface area contributed by atoms with Crippen molar-refractivity contribution in [3.63, 3.8) is 0 Å². The summed E-state index contributed by atoms with van der Waals surface area (Å²) in [6.07, 6.45) is 3.81. The van der Waals surface area contributed by atoms with Crippen molar-refractivity contribution in [2.75, 3.05) is 13.6 Å². The molecule has 16 heavy (non-hydrogen) atoms. The zero-order chi connectivity index (χ0) is 12.0. The molecule has 0 saturated carbocycles. The molecule has 0 aliphatic carbocycles. The lowest BCUT2D eigenvalue weighted by atomic mass is 10.2. The number of hydrogen-bond donors (Lipinski definition) is 0. The smallest absolute Gasteiger partial charge is 0.222 e. The Bertz CT molecular complexity index is 309. The lowest BCUT2D eigenvalue weighted by molar-refractivity contribution is -0.129. The number of rotatable bonds is 6. The van der Waals surface area contributed by atoms with Gasteiger partial charge in [-0.2, -0.15) is 0 Å². The van der Waals surface area contributed by atoms with Crippen LogP contribution < -0.4 is 0 Å². The number of alkyl halides is 1. The van der Waals surface area contributed by atoms with Crippen molar-refractivity contribution < 1.29 is 9.21 Å². The third-order valence-electron chi connectivity index (χ3n) is 2.45. The van der Waals surface area contributed by atoms with Crippen LogP contribution in [0.3, 0.4) is 0 Å². The van der Waals surface area contributed by atoms with Crippen LogP contribution in [0.2, 0.25) is 0 Å². The molecular weight excluding hydrogens is 270 g/mol. The lowest BCUT2D eigenvalue weighted by Crippen LogP contribution is -2.28. The van der Waals surface area contributed by atoms with E-state index in [9.17, 15) is 4.79 Å². The predicted molar refractivity (Wildman–Crippen MR) is 67.7 cm³/mol. The molecule has 0 fully saturated rings. The van der Waals surface area contributed by atoms with Crippen molar-refractivity contribution >= 4 is 21.8 Å². The summed E-state index contributed by atoms with van der Waals surface area (Å²) in [6.45, 7) is 2.88. The third-order valence-corrected chi connectivity index (χ3v) is 2.91. The third kappa shape index (κ3) is 4.84. The van der Waals surface area contributed by atoms with E-state index in [2.05, 4.69) is 22.9 Å². The Balaban J connectivity index is 2.23. The van der Waals surface area contributed by atoms with Crippen LogP contribution in [0.4, 0.5) is 0 Å². The van der Waals surface area contributed by atoms with Gasteiger partial charge in [0.1, 0.15) is 5.76 Å². The molecule has 0 aromatic carbocycles. The second kappa shape index (κ2) is 6.74. The van der Waals surface area contributed by atoms with Crippen LogP contribution in [0.15, 0.2) is 22.8 Å². The Labute approximate surface area is 105 Å². The first-order chi connectivity index (χ1) is 7.59. The average molecular weight is 288 g/mol. The zero-order valence-corrected chi connectivity index (χ0v) is 11.4. The Morgan fingerprint density at radius 1 is 1.62 bits per heavy atom. The summed E-state index contributed by atoms with van der Waals surface area (Å²) in [7, 11) is 1.85. The van der Waals surface area contributed by atoms with E-state index in [-0.39, 0.29) is 5.91 Å². The van der Waals surface area contributed by atoms with Crippen molar-refractivity contribution in [2.24, 2.45) is 0 Å². The second-order valence-corrected chi connectivity index (χ2v) is 5.53. The van der Waals surface area contributed by atoms with Gasteiger partial charge in [-0.3, -0.25) is 4.79 Å². The second-order valence-electron chi connectivity index (χ2n) is 3.96. The fourth-order valence-corrected chi connectivity index (χ4v) is 1.58. The van der Waals surface area contributed by atoms with Gasteiger partial charge in [-0.25, -0.2) is 0 Å². The van der Waals surface area contributed by atoms with Gasteiger partial charge in [0.2, 0.25) is 5.91 Å². The molecule has 4 heteroatoms. The molecule has 0 N–H and O–H groups in total. The van der Waals surface area contributed by atoms with Gasteiger partial charge in [0.25, 0.3) is 0 Å². The van der Waals surface area contributed by atoms with E-state index >= 15 is 0 Å². The lowest BCUT2D eigenvalue weighted by Gasteiger charge is -2.17. The maximum atomic E-state index is 11.7. The fourth-order valence-electron chi connectivity index (χ4n) is 1.37. The quantitative estimate of drug-likeness (QED) is 0.754. The van der Waals surface area contributed by atoms with E-state index in [1.54, 1.807) is 11.2 Å². The Morgan fingerprint density at radius 2 is 2.38 bits per heavy atom. The molecule has 0 bridgehead atoms. The summed E-state index contributed by atoms with van der Waals surface area (Å²) in [6, 6.07) is 3.74. The highest BCUT2D eigenvalue weighted by molar-refractivity contribution is 9.09. The normalized spacial score (nSPS) is 12.4. The number of hydrogen-bond acceptors (Lipinski definition) is 2. The van der Waals surface area contributed by atoms with Crippen LogP contribution in [0.25, 0.3) is 0 Å². The molecule has 1 heterocycles. The highest BCUT2D eigenvalue weighted by atomic mass is 79.9. The zero-order valence-electron chi connectivity index (χ0n) is 9.78. The van der Waals surface area contributed by atoms with Gasteiger partial charge in [0.15, 0.2) is 0 Å². The van der Waals surface area contributed by atoms with Crippen molar-refractivity contribution in [1.82, 2.24) is 4.90 Å². The van der Waals surface area contributed by atoms with Gasteiger partial charge in [-0.15, -0.1) is 0 Å². The monoisotopic (exact) mass is 287 g/mol. The number of carbonyl (C=O) groups is 1. The summed E-state index contributed by atoms with van der Waals surface area (Å²) < 4.78 is 5.18. The predicted octanol–water partition coefficient (Wildman–Crippen LogP) is 2.84. The van der Waals surface area contributed by atoms with E-state index in [1.165, 1.54) is 0 Å². The summed E-state index contributed by atoms with van der Waals surface area (Å²) in [5.41, 5.74) is 0. The Hall–Kier alpha value is -0.770. The maximum absolute atomic E-state index is 11.7. The van der Waals surface area contributed by atoms with Gasteiger partial charge in [-0.1, -0.05) is 22.9 Å². The van der Waals surface area contributed by atoms with Gasteiger partial charge < -0.3 is 9.32 Å². The molecular formula is C12H18BrNO2. The van der Waals surface area contributed by atoms with Crippen LogP contribution in [0, 0.1) is 0 Å². The molecule has 1 amide bonds. The van der Waals surface area contributed by atoms with Crippen LogP contribution in [-0.2, 0) is 11.2 Å². The Kier molecular flexibility index (Phi) is 5.60. The molecule has 0 spiro atoms. The largest absolute Gasteiger partial charge is 0.469 e. The molecule has 1 aromatic rings. The summed E-state index contributed by atoms with van der Waals surface area (Å²) in [5.74, 6) is 1.04. The molecule has 0 radical (unpaired) electrons. The van der Waals surface area contributed by atoms with Gasteiger partial charge >= 0.3 is 0 Å². The number of halogens is 1. The molecule has 1 rings (SSSR count). The SMILES string of the molecule is CC(Br)CCN(C)C(=O)CCc1ccco1. The molecule has 0 aliphatic rings. The van der Waals surface area contributed by atoms with Gasteiger partial charge in [-0.05, 0) is 18.6 Å². The van der Waals surface area contributed by atoms with Crippen LogP contribution >= 0.6 is 15.9 Å². The summed E-state index contributed by atoms with van der Waals surface area (Å²) in [4.78, 5) is 13.9. The number of amides is 1. The van der Waals surface area contributed by atoms with E-state index in [4.69, 9.17) is 4.42 Å².